The number of ether oxygens (including phenoxy) is 1. The van der Waals surface area contributed by atoms with Gasteiger partial charge in [0.1, 0.15) is 5.82 Å². The smallest absolute Gasteiger partial charge is 0.111 e. The highest BCUT2D eigenvalue weighted by molar-refractivity contribution is 4.92. The number of hydrogen-bond acceptors (Lipinski definition) is 3. The minimum Gasteiger partial charge on any atom is -0.390 e. The van der Waals surface area contributed by atoms with Crippen LogP contribution >= 0.6 is 0 Å². The SMILES string of the molecule is COCC(O)Cc1nccn1C. The van der Waals surface area contributed by atoms with Crippen LogP contribution in [0.25, 0.3) is 0 Å². The summed E-state index contributed by atoms with van der Waals surface area (Å²) in [5.41, 5.74) is 0. The summed E-state index contributed by atoms with van der Waals surface area (Å²) in [5, 5.41) is 9.37. The molecule has 4 nitrogen and oxygen atoms in total. The first kappa shape index (κ1) is 9.22. The molecule has 0 aromatic carbocycles. The molecule has 0 radical (unpaired) electrons. The minimum atomic E-state index is -0.462. The van der Waals surface area contributed by atoms with Gasteiger partial charge in [-0.05, 0) is 0 Å². The van der Waals surface area contributed by atoms with E-state index in [4.69, 9.17) is 4.74 Å². The lowest BCUT2D eigenvalue weighted by Crippen LogP contribution is -2.19. The second-order valence-corrected chi connectivity index (χ2v) is 2.77. The van der Waals surface area contributed by atoms with Crippen LogP contribution in [0.3, 0.4) is 0 Å². The molecular weight excluding hydrogens is 156 g/mol. The van der Waals surface area contributed by atoms with Crippen LogP contribution in [-0.2, 0) is 18.2 Å². The Morgan fingerprint density at radius 1 is 1.75 bits per heavy atom. The molecule has 0 saturated heterocycles. The van der Waals surface area contributed by atoms with Crippen LogP contribution in [0.1, 0.15) is 5.82 Å². The van der Waals surface area contributed by atoms with E-state index in [9.17, 15) is 5.11 Å². The maximum absolute atomic E-state index is 9.37. The van der Waals surface area contributed by atoms with E-state index < -0.39 is 6.10 Å². The molecule has 1 N–H and O–H groups in total. The Labute approximate surface area is 71.8 Å². The molecule has 0 amide bonds. The number of aromatic nitrogens is 2. The summed E-state index contributed by atoms with van der Waals surface area (Å²) in [6.07, 6.45) is 3.65. The van der Waals surface area contributed by atoms with Gasteiger partial charge in [0.2, 0.25) is 0 Å². The predicted octanol–water partition coefficient (Wildman–Crippen LogP) is -0.0301. The topological polar surface area (TPSA) is 47.3 Å². The lowest BCUT2D eigenvalue weighted by atomic mass is 10.2. The lowest BCUT2D eigenvalue weighted by Gasteiger charge is -2.08. The van der Waals surface area contributed by atoms with Gasteiger partial charge in [-0.25, -0.2) is 4.98 Å². The molecule has 0 aliphatic heterocycles. The van der Waals surface area contributed by atoms with Crippen molar-refractivity contribution in [3.63, 3.8) is 0 Å². The molecule has 1 rings (SSSR count). The van der Waals surface area contributed by atoms with Crippen molar-refractivity contribution in [3.05, 3.63) is 18.2 Å². The van der Waals surface area contributed by atoms with Crippen LogP contribution in [0, 0.1) is 0 Å². The molecule has 0 fully saturated rings. The van der Waals surface area contributed by atoms with Crippen molar-refractivity contribution in [2.24, 2.45) is 7.05 Å². The van der Waals surface area contributed by atoms with Gasteiger partial charge in [-0.2, -0.15) is 0 Å². The molecule has 0 saturated carbocycles. The van der Waals surface area contributed by atoms with Crippen molar-refractivity contribution in [2.45, 2.75) is 12.5 Å². The largest absolute Gasteiger partial charge is 0.390 e. The molecule has 1 atom stereocenters. The van der Waals surface area contributed by atoms with Crippen LogP contribution in [0.5, 0.6) is 0 Å². The summed E-state index contributed by atoms with van der Waals surface area (Å²) < 4.78 is 6.69. The first-order valence-corrected chi connectivity index (χ1v) is 3.87. The Balaban J connectivity index is 2.46. The van der Waals surface area contributed by atoms with E-state index in [0.29, 0.717) is 13.0 Å². The number of aliphatic hydroxyl groups excluding tert-OH is 1. The van der Waals surface area contributed by atoms with Crippen molar-refractivity contribution in [1.29, 1.82) is 0 Å². The molecule has 0 spiro atoms. The number of rotatable bonds is 4. The summed E-state index contributed by atoms with van der Waals surface area (Å²) in [7, 11) is 3.48. The fourth-order valence-corrected chi connectivity index (χ4v) is 1.06. The molecule has 0 bridgehead atoms. The van der Waals surface area contributed by atoms with Gasteiger partial charge in [-0.15, -0.1) is 0 Å². The third-order valence-electron chi connectivity index (χ3n) is 1.70. The van der Waals surface area contributed by atoms with Gasteiger partial charge < -0.3 is 14.4 Å². The fourth-order valence-electron chi connectivity index (χ4n) is 1.06. The van der Waals surface area contributed by atoms with E-state index >= 15 is 0 Å². The standard InChI is InChI=1S/C8H14N2O2/c1-10-4-3-9-8(10)5-7(11)6-12-2/h3-4,7,11H,5-6H2,1-2H3. The van der Waals surface area contributed by atoms with E-state index in [0.717, 1.165) is 5.82 Å². The van der Waals surface area contributed by atoms with E-state index in [1.165, 1.54) is 0 Å². The number of imidazole rings is 1. The zero-order chi connectivity index (χ0) is 8.97. The summed E-state index contributed by atoms with van der Waals surface area (Å²) in [5.74, 6) is 0.875. The Kier molecular flexibility index (Phi) is 3.25. The molecule has 1 heterocycles. The molecule has 12 heavy (non-hydrogen) atoms. The average molecular weight is 170 g/mol. The molecule has 1 aromatic rings. The van der Waals surface area contributed by atoms with Gasteiger partial charge in [-0.3, -0.25) is 0 Å². The predicted molar refractivity (Wildman–Crippen MR) is 44.8 cm³/mol. The average Bonchev–Trinajstić information content (AvgIpc) is 2.37. The summed E-state index contributed by atoms with van der Waals surface area (Å²) in [6.45, 7) is 0.354. The van der Waals surface area contributed by atoms with Crippen molar-refractivity contribution < 1.29 is 9.84 Å². The number of methoxy groups -OCH3 is 1. The van der Waals surface area contributed by atoms with Crippen molar-refractivity contribution in [3.8, 4) is 0 Å². The van der Waals surface area contributed by atoms with Crippen LogP contribution in [0.4, 0.5) is 0 Å². The third kappa shape index (κ3) is 2.32. The first-order valence-electron chi connectivity index (χ1n) is 3.87. The minimum absolute atomic E-state index is 0.354. The molecule has 0 aliphatic carbocycles. The highest BCUT2D eigenvalue weighted by Gasteiger charge is 2.07. The van der Waals surface area contributed by atoms with Crippen molar-refractivity contribution in [1.82, 2.24) is 9.55 Å². The van der Waals surface area contributed by atoms with E-state index in [1.54, 1.807) is 13.3 Å². The molecule has 1 unspecified atom stereocenters. The van der Waals surface area contributed by atoms with Gasteiger partial charge in [0.05, 0.1) is 12.7 Å². The van der Waals surface area contributed by atoms with Gasteiger partial charge in [0, 0.05) is 33.0 Å². The number of aryl methyl sites for hydroxylation is 1. The monoisotopic (exact) mass is 170 g/mol. The number of aliphatic hydroxyl groups is 1. The highest BCUT2D eigenvalue weighted by Crippen LogP contribution is 1.99. The molecule has 1 aromatic heterocycles. The quantitative estimate of drug-likeness (QED) is 0.690. The first-order chi connectivity index (χ1) is 5.74. The summed E-state index contributed by atoms with van der Waals surface area (Å²) in [4.78, 5) is 4.09. The van der Waals surface area contributed by atoms with Gasteiger partial charge in [0.25, 0.3) is 0 Å². The maximum Gasteiger partial charge on any atom is 0.111 e. The van der Waals surface area contributed by atoms with Crippen molar-refractivity contribution in [2.75, 3.05) is 13.7 Å². The van der Waals surface area contributed by atoms with Gasteiger partial charge >= 0.3 is 0 Å². The molecule has 4 heteroatoms. The zero-order valence-corrected chi connectivity index (χ0v) is 7.40. The van der Waals surface area contributed by atoms with Gasteiger partial charge in [-0.1, -0.05) is 0 Å². The van der Waals surface area contributed by atoms with Gasteiger partial charge in [0.15, 0.2) is 0 Å². The summed E-state index contributed by atoms with van der Waals surface area (Å²) in [6, 6.07) is 0. The van der Waals surface area contributed by atoms with Crippen LogP contribution in [0.2, 0.25) is 0 Å². The van der Waals surface area contributed by atoms with Crippen LogP contribution in [0.15, 0.2) is 12.4 Å². The second-order valence-electron chi connectivity index (χ2n) is 2.77. The Bertz CT molecular complexity index is 235. The van der Waals surface area contributed by atoms with E-state index in [-0.39, 0.29) is 0 Å². The van der Waals surface area contributed by atoms with Crippen LogP contribution in [-0.4, -0.2) is 34.5 Å². The number of hydrogen-bond donors (Lipinski definition) is 1. The lowest BCUT2D eigenvalue weighted by molar-refractivity contribution is 0.0634. The highest BCUT2D eigenvalue weighted by atomic mass is 16.5. The Morgan fingerprint density at radius 3 is 3.00 bits per heavy atom. The number of nitrogens with zero attached hydrogens (tertiary/aromatic N) is 2. The third-order valence-corrected chi connectivity index (χ3v) is 1.70. The van der Waals surface area contributed by atoms with Crippen molar-refractivity contribution >= 4 is 0 Å². The fraction of sp³-hybridized carbons (Fsp3) is 0.625. The zero-order valence-electron chi connectivity index (χ0n) is 7.40. The van der Waals surface area contributed by atoms with E-state index in [1.807, 2.05) is 17.8 Å². The maximum atomic E-state index is 9.37. The van der Waals surface area contributed by atoms with Crippen LogP contribution < -0.4 is 0 Å². The summed E-state index contributed by atoms with van der Waals surface area (Å²) >= 11 is 0. The second kappa shape index (κ2) is 4.23. The molecular formula is C8H14N2O2. The Morgan fingerprint density at radius 2 is 2.50 bits per heavy atom. The Hall–Kier alpha value is -0.870. The molecule has 0 aliphatic rings. The normalized spacial score (nSPS) is 13.2. The van der Waals surface area contributed by atoms with E-state index in [2.05, 4.69) is 4.98 Å². The molecule has 68 valence electrons.